The third kappa shape index (κ3) is 2.55. The minimum atomic E-state index is 0.722. The van der Waals surface area contributed by atoms with Crippen LogP contribution >= 0.6 is 0 Å². The summed E-state index contributed by atoms with van der Waals surface area (Å²) in [5.74, 6) is 0.934. The van der Waals surface area contributed by atoms with Crippen molar-refractivity contribution in [3.8, 4) is 0 Å². The van der Waals surface area contributed by atoms with E-state index in [9.17, 15) is 0 Å². The van der Waals surface area contributed by atoms with Crippen molar-refractivity contribution >= 4 is 0 Å². The number of benzene rings is 1. The zero-order valence-electron chi connectivity index (χ0n) is 10.8. The van der Waals surface area contributed by atoms with Gasteiger partial charge in [0, 0.05) is 12.1 Å². The lowest BCUT2D eigenvalue weighted by Gasteiger charge is -2.28. The molecule has 0 heterocycles. The van der Waals surface area contributed by atoms with E-state index in [1.54, 1.807) is 11.1 Å². The standard InChI is InChI=1S/C16H23N/c1-12-6-8-15(10-12)17-16-9-7-13-4-2-3-5-14(13)11-16/h2-5,12,15-17H,6-11H2,1H3. The molecule has 2 aliphatic carbocycles. The minimum Gasteiger partial charge on any atom is -0.311 e. The lowest BCUT2D eigenvalue weighted by Crippen LogP contribution is -2.40. The van der Waals surface area contributed by atoms with Crippen LogP contribution in [0.1, 0.15) is 43.7 Å². The molecule has 92 valence electrons. The Bertz CT molecular complexity index is 385. The van der Waals surface area contributed by atoms with Crippen LogP contribution in [0, 0.1) is 5.92 Å². The SMILES string of the molecule is CC1CCC(NC2CCc3ccccc3C2)C1. The summed E-state index contributed by atoms with van der Waals surface area (Å²) in [4.78, 5) is 0. The molecule has 3 atom stereocenters. The van der Waals surface area contributed by atoms with Gasteiger partial charge in [-0.15, -0.1) is 0 Å². The summed E-state index contributed by atoms with van der Waals surface area (Å²) >= 11 is 0. The van der Waals surface area contributed by atoms with Gasteiger partial charge in [0.05, 0.1) is 0 Å². The van der Waals surface area contributed by atoms with Gasteiger partial charge in [0.2, 0.25) is 0 Å². The summed E-state index contributed by atoms with van der Waals surface area (Å²) in [6.45, 7) is 2.39. The molecule has 17 heavy (non-hydrogen) atoms. The van der Waals surface area contributed by atoms with Crippen LogP contribution < -0.4 is 5.32 Å². The lowest BCUT2D eigenvalue weighted by atomic mass is 9.88. The molecule has 0 aliphatic heterocycles. The van der Waals surface area contributed by atoms with E-state index in [4.69, 9.17) is 0 Å². The molecule has 1 aromatic carbocycles. The van der Waals surface area contributed by atoms with Gasteiger partial charge >= 0.3 is 0 Å². The first kappa shape index (κ1) is 11.3. The first-order valence-electron chi connectivity index (χ1n) is 7.14. The van der Waals surface area contributed by atoms with Gasteiger partial charge in [0.15, 0.2) is 0 Å². The molecule has 1 fully saturated rings. The van der Waals surface area contributed by atoms with Crippen LogP contribution in [-0.4, -0.2) is 12.1 Å². The largest absolute Gasteiger partial charge is 0.311 e. The van der Waals surface area contributed by atoms with Crippen LogP contribution in [0.15, 0.2) is 24.3 Å². The van der Waals surface area contributed by atoms with Crippen molar-refractivity contribution in [3.63, 3.8) is 0 Å². The van der Waals surface area contributed by atoms with Crippen LogP contribution in [0.25, 0.3) is 0 Å². The average molecular weight is 229 g/mol. The fourth-order valence-electron chi connectivity index (χ4n) is 3.53. The summed E-state index contributed by atoms with van der Waals surface area (Å²) in [6, 6.07) is 10.5. The molecule has 2 aliphatic rings. The molecule has 0 radical (unpaired) electrons. The number of rotatable bonds is 2. The van der Waals surface area contributed by atoms with Crippen molar-refractivity contribution in [1.82, 2.24) is 5.32 Å². The van der Waals surface area contributed by atoms with Crippen molar-refractivity contribution in [1.29, 1.82) is 0 Å². The van der Waals surface area contributed by atoms with Crippen LogP contribution in [0.3, 0.4) is 0 Å². The first-order valence-corrected chi connectivity index (χ1v) is 7.14. The van der Waals surface area contributed by atoms with E-state index in [0.717, 1.165) is 18.0 Å². The summed E-state index contributed by atoms with van der Waals surface area (Å²) in [5.41, 5.74) is 3.15. The number of hydrogen-bond donors (Lipinski definition) is 1. The topological polar surface area (TPSA) is 12.0 Å². The van der Waals surface area contributed by atoms with Crippen LogP contribution in [-0.2, 0) is 12.8 Å². The Morgan fingerprint density at radius 3 is 2.59 bits per heavy atom. The molecular weight excluding hydrogens is 206 g/mol. The highest BCUT2D eigenvalue weighted by atomic mass is 15.0. The van der Waals surface area contributed by atoms with E-state index in [1.807, 2.05) is 0 Å². The molecular formula is C16H23N. The van der Waals surface area contributed by atoms with Crippen LogP contribution in [0.4, 0.5) is 0 Å². The Labute approximate surface area is 105 Å². The summed E-state index contributed by atoms with van der Waals surface area (Å²) in [7, 11) is 0. The molecule has 1 heteroatoms. The van der Waals surface area contributed by atoms with E-state index in [0.29, 0.717) is 0 Å². The van der Waals surface area contributed by atoms with E-state index in [-0.39, 0.29) is 0 Å². The molecule has 0 amide bonds. The smallest absolute Gasteiger partial charge is 0.0113 e. The Kier molecular flexibility index (Phi) is 3.19. The van der Waals surface area contributed by atoms with Crippen LogP contribution in [0.5, 0.6) is 0 Å². The second-order valence-electron chi connectivity index (χ2n) is 5.99. The number of nitrogens with one attached hydrogen (secondary N) is 1. The number of hydrogen-bond acceptors (Lipinski definition) is 1. The van der Waals surface area contributed by atoms with E-state index < -0.39 is 0 Å². The lowest BCUT2D eigenvalue weighted by molar-refractivity contribution is 0.389. The van der Waals surface area contributed by atoms with Crippen LogP contribution in [0.2, 0.25) is 0 Å². The highest BCUT2D eigenvalue weighted by Crippen LogP contribution is 2.27. The zero-order valence-corrected chi connectivity index (χ0v) is 10.8. The Balaban J connectivity index is 1.61. The highest BCUT2D eigenvalue weighted by Gasteiger charge is 2.25. The van der Waals surface area contributed by atoms with E-state index >= 15 is 0 Å². The van der Waals surface area contributed by atoms with Crippen molar-refractivity contribution in [3.05, 3.63) is 35.4 Å². The first-order chi connectivity index (χ1) is 8.31. The van der Waals surface area contributed by atoms with Crippen molar-refractivity contribution in [2.45, 2.75) is 57.5 Å². The predicted molar refractivity (Wildman–Crippen MR) is 72.2 cm³/mol. The van der Waals surface area contributed by atoms with Gasteiger partial charge in [-0.2, -0.15) is 0 Å². The van der Waals surface area contributed by atoms with Gasteiger partial charge in [0.25, 0.3) is 0 Å². The number of fused-ring (bicyclic) bond motifs is 1. The normalized spacial score (nSPS) is 32.4. The highest BCUT2D eigenvalue weighted by molar-refractivity contribution is 5.30. The quantitative estimate of drug-likeness (QED) is 0.820. The van der Waals surface area contributed by atoms with Crippen molar-refractivity contribution in [2.24, 2.45) is 5.92 Å². The molecule has 0 aromatic heterocycles. The zero-order chi connectivity index (χ0) is 11.7. The maximum absolute atomic E-state index is 3.89. The fraction of sp³-hybridized carbons (Fsp3) is 0.625. The minimum absolute atomic E-state index is 0.722. The van der Waals surface area contributed by atoms with Crippen molar-refractivity contribution in [2.75, 3.05) is 0 Å². The van der Waals surface area contributed by atoms with Crippen molar-refractivity contribution < 1.29 is 0 Å². The van der Waals surface area contributed by atoms with Gasteiger partial charge in [-0.3, -0.25) is 0 Å². The maximum Gasteiger partial charge on any atom is 0.0113 e. The molecule has 1 nitrogen and oxygen atoms in total. The van der Waals surface area contributed by atoms with E-state index in [2.05, 4.69) is 36.5 Å². The van der Waals surface area contributed by atoms with Gasteiger partial charge in [-0.05, 0) is 55.6 Å². The molecule has 0 saturated heterocycles. The molecule has 1 saturated carbocycles. The Hall–Kier alpha value is -0.820. The Morgan fingerprint density at radius 1 is 1.00 bits per heavy atom. The van der Waals surface area contributed by atoms with Gasteiger partial charge < -0.3 is 5.32 Å². The molecule has 0 bridgehead atoms. The van der Waals surface area contributed by atoms with Gasteiger partial charge in [-0.1, -0.05) is 31.2 Å². The van der Waals surface area contributed by atoms with Gasteiger partial charge in [0.1, 0.15) is 0 Å². The Morgan fingerprint density at radius 2 is 1.82 bits per heavy atom. The molecule has 3 rings (SSSR count). The maximum atomic E-state index is 3.89. The van der Waals surface area contributed by atoms with Gasteiger partial charge in [-0.25, -0.2) is 0 Å². The molecule has 1 aromatic rings. The van der Waals surface area contributed by atoms with E-state index in [1.165, 1.54) is 38.5 Å². The summed E-state index contributed by atoms with van der Waals surface area (Å²) < 4.78 is 0. The third-order valence-corrected chi connectivity index (χ3v) is 4.51. The summed E-state index contributed by atoms with van der Waals surface area (Å²) in [5, 5.41) is 3.89. The molecule has 3 unspecified atom stereocenters. The molecule has 1 N–H and O–H groups in total. The number of aryl methyl sites for hydroxylation is 1. The predicted octanol–water partition coefficient (Wildman–Crippen LogP) is 3.32. The average Bonchev–Trinajstić information content (AvgIpc) is 2.75. The summed E-state index contributed by atoms with van der Waals surface area (Å²) in [6.07, 6.45) is 8.01. The second kappa shape index (κ2) is 4.81. The second-order valence-corrected chi connectivity index (χ2v) is 5.99. The fourth-order valence-corrected chi connectivity index (χ4v) is 3.53. The third-order valence-electron chi connectivity index (χ3n) is 4.51. The molecule has 0 spiro atoms. The monoisotopic (exact) mass is 229 g/mol.